The molecule has 0 radical (unpaired) electrons. The van der Waals surface area contributed by atoms with Crippen LogP contribution in [-0.2, 0) is 13.0 Å². The van der Waals surface area contributed by atoms with Crippen LogP contribution in [0.2, 0.25) is 0 Å². The maximum absolute atomic E-state index is 5.54. The lowest BCUT2D eigenvalue weighted by Gasteiger charge is -2.15. The number of hydrogen-bond acceptors (Lipinski definition) is 2. The van der Waals surface area contributed by atoms with Gasteiger partial charge < -0.3 is 10.1 Å². The van der Waals surface area contributed by atoms with Crippen LogP contribution in [0, 0.1) is 0 Å². The third kappa shape index (κ3) is 5.47. The molecule has 0 aliphatic heterocycles. The van der Waals surface area contributed by atoms with Crippen LogP contribution < -0.4 is 10.1 Å². The van der Waals surface area contributed by atoms with Gasteiger partial charge in [-0.25, -0.2) is 0 Å². The molecular formula is C19H24BrNO. The third-order valence-corrected chi connectivity index (χ3v) is 4.28. The van der Waals surface area contributed by atoms with E-state index in [2.05, 4.69) is 70.6 Å². The first-order valence-corrected chi connectivity index (χ1v) is 8.67. The molecule has 2 aromatic carbocycles. The van der Waals surface area contributed by atoms with Gasteiger partial charge in [-0.1, -0.05) is 36.4 Å². The molecule has 22 heavy (non-hydrogen) atoms. The molecule has 0 aromatic heterocycles. The Hall–Kier alpha value is -1.32. The van der Waals surface area contributed by atoms with Crippen LogP contribution in [0.15, 0.2) is 53.0 Å². The second-order valence-corrected chi connectivity index (χ2v) is 6.36. The van der Waals surface area contributed by atoms with Crippen LogP contribution in [0.4, 0.5) is 0 Å². The number of aryl methyl sites for hydroxylation is 1. The van der Waals surface area contributed by atoms with E-state index >= 15 is 0 Å². The molecule has 3 heteroatoms. The summed E-state index contributed by atoms with van der Waals surface area (Å²) < 4.78 is 6.56. The number of ether oxygens (including phenoxy) is 1. The Morgan fingerprint density at radius 1 is 1.09 bits per heavy atom. The highest BCUT2D eigenvalue weighted by atomic mass is 79.9. The zero-order chi connectivity index (χ0) is 15.8. The van der Waals surface area contributed by atoms with E-state index in [9.17, 15) is 0 Å². The van der Waals surface area contributed by atoms with Crippen molar-refractivity contribution < 1.29 is 4.74 Å². The minimum Gasteiger partial charge on any atom is -0.493 e. The minimum absolute atomic E-state index is 0.491. The summed E-state index contributed by atoms with van der Waals surface area (Å²) in [5, 5.41) is 3.59. The molecule has 2 rings (SSSR count). The van der Waals surface area contributed by atoms with Crippen molar-refractivity contribution in [3.8, 4) is 5.75 Å². The summed E-state index contributed by atoms with van der Waals surface area (Å²) in [5.74, 6) is 0.906. The van der Waals surface area contributed by atoms with Gasteiger partial charge in [0.1, 0.15) is 5.75 Å². The number of hydrogen-bond donors (Lipinski definition) is 1. The van der Waals surface area contributed by atoms with Crippen molar-refractivity contribution in [3.63, 3.8) is 0 Å². The van der Waals surface area contributed by atoms with Crippen LogP contribution >= 0.6 is 15.9 Å². The predicted molar refractivity (Wildman–Crippen MR) is 96.4 cm³/mol. The SMILES string of the molecule is CCOc1ccc(CNC(C)CCc2ccccc2)cc1Br. The molecule has 2 nitrogen and oxygen atoms in total. The second kappa shape index (κ2) is 8.96. The van der Waals surface area contributed by atoms with E-state index in [1.54, 1.807) is 0 Å². The third-order valence-electron chi connectivity index (χ3n) is 3.66. The highest BCUT2D eigenvalue weighted by Crippen LogP contribution is 2.26. The van der Waals surface area contributed by atoms with E-state index in [0.29, 0.717) is 12.6 Å². The average molecular weight is 362 g/mol. The van der Waals surface area contributed by atoms with Gasteiger partial charge in [-0.05, 0) is 65.9 Å². The molecule has 0 saturated heterocycles. The lowest BCUT2D eigenvalue weighted by molar-refractivity contribution is 0.338. The Bertz CT molecular complexity index is 571. The molecule has 0 amide bonds. The van der Waals surface area contributed by atoms with Gasteiger partial charge in [0.05, 0.1) is 11.1 Å². The van der Waals surface area contributed by atoms with Gasteiger partial charge in [-0.15, -0.1) is 0 Å². The highest BCUT2D eigenvalue weighted by molar-refractivity contribution is 9.10. The van der Waals surface area contributed by atoms with E-state index < -0.39 is 0 Å². The van der Waals surface area contributed by atoms with Gasteiger partial charge in [0.25, 0.3) is 0 Å². The van der Waals surface area contributed by atoms with Crippen molar-refractivity contribution in [3.05, 3.63) is 64.1 Å². The summed E-state index contributed by atoms with van der Waals surface area (Å²) >= 11 is 3.56. The summed E-state index contributed by atoms with van der Waals surface area (Å²) in [5.41, 5.74) is 2.67. The van der Waals surface area contributed by atoms with Crippen molar-refractivity contribution in [1.29, 1.82) is 0 Å². The Morgan fingerprint density at radius 3 is 2.55 bits per heavy atom. The van der Waals surface area contributed by atoms with Gasteiger partial charge in [-0.2, -0.15) is 0 Å². The van der Waals surface area contributed by atoms with Crippen molar-refractivity contribution in [2.45, 2.75) is 39.3 Å². The topological polar surface area (TPSA) is 21.3 Å². The van der Waals surface area contributed by atoms with Gasteiger partial charge in [0, 0.05) is 12.6 Å². The fraction of sp³-hybridized carbons (Fsp3) is 0.368. The normalized spacial score (nSPS) is 12.1. The number of rotatable bonds is 8. The lowest BCUT2D eigenvalue weighted by Crippen LogP contribution is -2.25. The van der Waals surface area contributed by atoms with Crippen molar-refractivity contribution in [2.24, 2.45) is 0 Å². The first-order valence-electron chi connectivity index (χ1n) is 7.87. The number of nitrogens with one attached hydrogen (secondary N) is 1. The first kappa shape index (κ1) is 17.0. The van der Waals surface area contributed by atoms with Crippen molar-refractivity contribution in [1.82, 2.24) is 5.32 Å². The van der Waals surface area contributed by atoms with E-state index in [1.165, 1.54) is 11.1 Å². The average Bonchev–Trinajstić information content (AvgIpc) is 2.54. The Morgan fingerprint density at radius 2 is 1.86 bits per heavy atom. The summed E-state index contributed by atoms with van der Waals surface area (Å²) in [6.45, 7) is 5.80. The molecule has 0 spiro atoms. The summed E-state index contributed by atoms with van der Waals surface area (Å²) in [4.78, 5) is 0. The van der Waals surface area contributed by atoms with Crippen LogP contribution in [0.1, 0.15) is 31.4 Å². The number of halogens is 1. The molecule has 1 atom stereocenters. The van der Waals surface area contributed by atoms with Crippen LogP contribution in [0.25, 0.3) is 0 Å². The standard InChI is InChI=1S/C19H24BrNO/c1-3-22-19-12-11-17(13-18(19)20)14-21-15(2)9-10-16-7-5-4-6-8-16/h4-8,11-13,15,21H,3,9-10,14H2,1-2H3. The van der Waals surface area contributed by atoms with Gasteiger partial charge >= 0.3 is 0 Å². The molecule has 0 fully saturated rings. The van der Waals surface area contributed by atoms with E-state index in [-0.39, 0.29) is 0 Å². The first-order chi connectivity index (χ1) is 10.7. The van der Waals surface area contributed by atoms with E-state index in [4.69, 9.17) is 4.74 Å². The molecule has 0 aliphatic carbocycles. The fourth-order valence-corrected chi connectivity index (χ4v) is 2.89. The van der Waals surface area contributed by atoms with Crippen LogP contribution in [-0.4, -0.2) is 12.6 Å². The maximum atomic E-state index is 5.54. The number of benzene rings is 2. The molecule has 0 saturated carbocycles. The van der Waals surface area contributed by atoms with E-state index in [1.807, 2.05) is 13.0 Å². The molecule has 2 aromatic rings. The molecule has 1 unspecified atom stereocenters. The van der Waals surface area contributed by atoms with Crippen molar-refractivity contribution >= 4 is 15.9 Å². The molecular weight excluding hydrogens is 338 g/mol. The monoisotopic (exact) mass is 361 g/mol. The maximum Gasteiger partial charge on any atom is 0.133 e. The predicted octanol–water partition coefficient (Wildman–Crippen LogP) is 4.96. The zero-order valence-electron chi connectivity index (χ0n) is 13.3. The smallest absolute Gasteiger partial charge is 0.133 e. The molecule has 0 bridgehead atoms. The summed E-state index contributed by atoms with van der Waals surface area (Å²) in [7, 11) is 0. The highest BCUT2D eigenvalue weighted by Gasteiger charge is 2.05. The lowest BCUT2D eigenvalue weighted by atomic mass is 10.1. The van der Waals surface area contributed by atoms with Gasteiger partial charge in [-0.3, -0.25) is 0 Å². The van der Waals surface area contributed by atoms with E-state index in [0.717, 1.165) is 29.6 Å². The Labute approximate surface area is 142 Å². The zero-order valence-corrected chi connectivity index (χ0v) is 14.9. The largest absolute Gasteiger partial charge is 0.493 e. The van der Waals surface area contributed by atoms with Crippen LogP contribution in [0.5, 0.6) is 5.75 Å². The van der Waals surface area contributed by atoms with Crippen LogP contribution in [0.3, 0.4) is 0 Å². The summed E-state index contributed by atoms with van der Waals surface area (Å²) in [6, 6.07) is 17.4. The summed E-state index contributed by atoms with van der Waals surface area (Å²) in [6.07, 6.45) is 2.25. The molecule has 0 heterocycles. The Balaban J connectivity index is 1.78. The molecule has 1 N–H and O–H groups in total. The molecule has 0 aliphatic rings. The molecule has 118 valence electrons. The van der Waals surface area contributed by atoms with Gasteiger partial charge in [0.2, 0.25) is 0 Å². The quantitative estimate of drug-likeness (QED) is 0.717. The second-order valence-electron chi connectivity index (χ2n) is 5.50. The minimum atomic E-state index is 0.491. The fourth-order valence-electron chi connectivity index (χ4n) is 2.35. The van der Waals surface area contributed by atoms with Gasteiger partial charge in [0.15, 0.2) is 0 Å². The Kier molecular flexibility index (Phi) is 6.94. The van der Waals surface area contributed by atoms with Crippen molar-refractivity contribution in [2.75, 3.05) is 6.61 Å².